The number of Topliss-reactive ketones (excluding diaryl/α,β-unsaturated/α-hetero) is 1. The summed E-state index contributed by atoms with van der Waals surface area (Å²) in [6, 6.07) is 12.6. The molecule has 6 nitrogen and oxygen atoms in total. The number of hydrogen-bond acceptors (Lipinski definition) is 5. The fraction of sp³-hybridized carbons (Fsp3) is 0.158. The average Bonchev–Trinajstić information content (AvgIpc) is 3.11. The van der Waals surface area contributed by atoms with Gasteiger partial charge in [0, 0.05) is 23.3 Å². The van der Waals surface area contributed by atoms with Gasteiger partial charge in [-0.2, -0.15) is 5.10 Å². The van der Waals surface area contributed by atoms with E-state index in [1.807, 2.05) is 24.3 Å². The number of aldehydes is 1. The number of carbonyl (C=O) groups excluding carboxylic acids is 2. The van der Waals surface area contributed by atoms with Crippen molar-refractivity contribution < 1.29 is 9.59 Å². The van der Waals surface area contributed by atoms with E-state index in [2.05, 4.69) is 15.4 Å². The van der Waals surface area contributed by atoms with Crippen LogP contribution in [-0.4, -0.2) is 26.8 Å². The maximum atomic E-state index is 11.3. The van der Waals surface area contributed by atoms with Crippen molar-refractivity contribution in [2.24, 2.45) is 0 Å². The Labute approximate surface area is 155 Å². The lowest BCUT2D eigenvalue weighted by atomic mass is 10.1. The Bertz CT molecular complexity index is 935. The number of carbonyl (C=O) groups is 2. The number of pyridine rings is 1. The van der Waals surface area contributed by atoms with Crippen molar-refractivity contribution in [1.29, 1.82) is 0 Å². The molecule has 26 heavy (non-hydrogen) atoms. The van der Waals surface area contributed by atoms with Crippen LogP contribution in [-0.2, 0) is 11.2 Å². The van der Waals surface area contributed by atoms with E-state index >= 15 is 0 Å². The molecule has 0 amide bonds. The minimum Gasteiger partial charge on any atom is -0.340 e. The SMILES string of the molecule is CC(=O)CCc1cc(Nc2ccc(Cl)cc2)nc(-n2ccc(C=O)n2)c1. The number of hydrogen-bond donors (Lipinski definition) is 1. The summed E-state index contributed by atoms with van der Waals surface area (Å²) in [4.78, 5) is 26.7. The molecular weight excluding hydrogens is 352 g/mol. The quantitative estimate of drug-likeness (QED) is 0.638. The highest BCUT2D eigenvalue weighted by Gasteiger charge is 2.08. The largest absolute Gasteiger partial charge is 0.340 e. The van der Waals surface area contributed by atoms with Crippen LogP contribution in [0.1, 0.15) is 29.4 Å². The zero-order valence-electron chi connectivity index (χ0n) is 14.1. The lowest BCUT2D eigenvalue weighted by Crippen LogP contribution is -2.05. The highest BCUT2D eigenvalue weighted by Crippen LogP contribution is 2.21. The first-order valence-corrected chi connectivity index (χ1v) is 8.45. The van der Waals surface area contributed by atoms with Gasteiger partial charge < -0.3 is 10.1 Å². The number of anilines is 2. The molecule has 0 aliphatic carbocycles. The number of ketones is 1. The van der Waals surface area contributed by atoms with Crippen LogP contribution in [0.15, 0.2) is 48.7 Å². The minimum absolute atomic E-state index is 0.123. The fourth-order valence-corrected chi connectivity index (χ4v) is 2.55. The molecule has 1 aromatic carbocycles. The summed E-state index contributed by atoms with van der Waals surface area (Å²) in [5.74, 6) is 1.31. The molecule has 0 radical (unpaired) electrons. The molecule has 0 bridgehead atoms. The Balaban J connectivity index is 1.94. The maximum absolute atomic E-state index is 11.3. The van der Waals surface area contributed by atoms with Gasteiger partial charge in [0.05, 0.1) is 0 Å². The molecule has 132 valence electrons. The lowest BCUT2D eigenvalue weighted by molar-refractivity contribution is -0.116. The van der Waals surface area contributed by atoms with Gasteiger partial charge in [-0.05, 0) is 61.4 Å². The average molecular weight is 369 g/mol. The third-order valence-electron chi connectivity index (χ3n) is 3.72. The van der Waals surface area contributed by atoms with Crippen molar-refractivity contribution in [3.8, 4) is 5.82 Å². The van der Waals surface area contributed by atoms with Gasteiger partial charge in [0.2, 0.25) is 0 Å². The molecule has 0 atom stereocenters. The third-order valence-corrected chi connectivity index (χ3v) is 3.97. The smallest absolute Gasteiger partial charge is 0.170 e. The number of nitrogens with zero attached hydrogens (tertiary/aromatic N) is 3. The van der Waals surface area contributed by atoms with Gasteiger partial charge in [0.25, 0.3) is 0 Å². The first-order chi connectivity index (χ1) is 12.5. The lowest BCUT2D eigenvalue weighted by Gasteiger charge is -2.11. The molecular formula is C19H17ClN4O2. The molecule has 7 heteroatoms. The first kappa shape index (κ1) is 17.8. The Kier molecular flexibility index (Phi) is 5.43. The van der Waals surface area contributed by atoms with Crippen molar-refractivity contribution in [3.05, 3.63) is 64.9 Å². The molecule has 2 heterocycles. The molecule has 0 saturated carbocycles. The molecule has 0 unspecified atom stereocenters. The second kappa shape index (κ2) is 7.93. The van der Waals surface area contributed by atoms with Crippen molar-refractivity contribution >= 4 is 35.2 Å². The number of nitrogens with one attached hydrogen (secondary N) is 1. The van der Waals surface area contributed by atoms with Gasteiger partial charge in [-0.25, -0.2) is 9.67 Å². The van der Waals surface area contributed by atoms with Crippen molar-refractivity contribution in [2.75, 3.05) is 5.32 Å². The summed E-state index contributed by atoms with van der Waals surface area (Å²) in [6.45, 7) is 1.57. The highest BCUT2D eigenvalue weighted by molar-refractivity contribution is 6.30. The van der Waals surface area contributed by atoms with E-state index < -0.39 is 0 Å². The van der Waals surface area contributed by atoms with Crippen LogP contribution >= 0.6 is 11.6 Å². The number of aromatic nitrogens is 3. The highest BCUT2D eigenvalue weighted by atomic mass is 35.5. The van der Waals surface area contributed by atoms with Crippen LogP contribution in [0.2, 0.25) is 5.02 Å². The zero-order valence-corrected chi connectivity index (χ0v) is 14.9. The van der Waals surface area contributed by atoms with Gasteiger partial charge in [0.1, 0.15) is 17.3 Å². The summed E-state index contributed by atoms with van der Waals surface area (Å²) in [5.41, 5.74) is 2.11. The molecule has 0 aliphatic heterocycles. The van der Waals surface area contributed by atoms with E-state index in [4.69, 9.17) is 11.6 Å². The summed E-state index contributed by atoms with van der Waals surface area (Å²) < 4.78 is 1.54. The summed E-state index contributed by atoms with van der Waals surface area (Å²) in [7, 11) is 0. The van der Waals surface area contributed by atoms with Gasteiger partial charge in [-0.15, -0.1) is 0 Å². The van der Waals surface area contributed by atoms with Crippen molar-refractivity contribution in [2.45, 2.75) is 19.8 Å². The monoisotopic (exact) mass is 368 g/mol. The molecule has 0 fully saturated rings. The fourth-order valence-electron chi connectivity index (χ4n) is 2.43. The normalized spacial score (nSPS) is 10.5. The van der Waals surface area contributed by atoms with Crippen LogP contribution in [0, 0.1) is 0 Å². The van der Waals surface area contributed by atoms with E-state index in [0.29, 0.717) is 41.5 Å². The molecule has 0 spiro atoms. The standard InChI is InChI=1S/C19H17ClN4O2/c1-13(26)2-3-14-10-18(21-16-6-4-15(20)5-7-16)22-19(11-14)24-9-8-17(12-25)23-24/h4-12H,2-3H2,1H3,(H,21,22). The van der Waals surface area contributed by atoms with Gasteiger partial charge in [0.15, 0.2) is 12.1 Å². The third kappa shape index (κ3) is 4.55. The van der Waals surface area contributed by atoms with Crippen LogP contribution in [0.4, 0.5) is 11.5 Å². The number of benzene rings is 1. The molecule has 2 aromatic heterocycles. The van der Waals surface area contributed by atoms with E-state index in [0.717, 1.165) is 11.3 Å². The van der Waals surface area contributed by atoms with Crippen LogP contribution in [0.3, 0.4) is 0 Å². The van der Waals surface area contributed by atoms with Crippen molar-refractivity contribution in [1.82, 2.24) is 14.8 Å². The van der Waals surface area contributed by atoms with E-state index in [1.54, 1.807) is 31.3 Å². The van der Waals surface area contributed by atoms with E-state index in [-0.39, 0.29) is 5.78 Å². The van der Waals surface area contributed by atoms with Crippen LogP contribution < -0.4 is 5.32 Å². The van der Waals surface area contributed by atoms with E-state index in [1.165, 1.54) is 4.68 Å². The Morgan fingerprint density at radius 1 is 1.23 bits per heavy atom. The molecule has 3 aromatic rings. The molecule has 3 rings (SSSR count). The Hall–Kier alpha value is -2.99. The number of aryl methyl sites for hydroxylation is 1. The minimum atomic E-state index is 0.123. The van der Waals surface area contributed by atoms with Gasteiger partial charge >= 0.3 is 0 Å². The van der Waals surface area contributed by atoms with Gasteiger partial charge in [-0.1, -0.05) is 11.6 Å². The summed E-state index contributed by atoms with van der Waals surface area (Å²) in [6.07, 6.45) is 3.40. The zero-order chi connectivity index (χ0) is 18.5. The van der Waals surface area contributed by atoms with Crippen LogP contribution in [0.5, 0.6) is 0 Å². The maximum Gasteiger partial charge on any atom is 0.170 e. The van der Waals surface area contributed by atoms with Gasteiger partial charge in [-0.3, -0.25) is 4.79 Å². The molecule has 0 saturated heterocycles. The molecule has 1 N–H and O–H groups in total. The topological polar surface area (TPSA) is 76.9 Å². The van der Waals surface area contributed by atoms with E-state index in [9.17, 15) is 9.59 Å². The van der Waals surface area contributed by atoms with Crippen LogP contribution in [0.25, 0.3) is 5.82 Å². The van der Waals surface area contributed by atoms with Crippen molar-refractivity contribution in [3.63, 3.8) is 0 Å². The first-order valence-electron chi connectivity index (χ1n) is 8.08. The second-order valence-electron chi connectivity index (χ2n) is 5.86. The summed E-state index contributed by atoms with van der Waals surface area (Å²) >= 11 is 5.92. The Morgan fingerprint density at radius 2 is 2.00 bits per heavy atom. The second-order valence-corrected chi connectivity index (χ2v) is 6.29. The molecule has 0 aliphatic rings. The predicted molar refractivity (Wildman–Crippen MR) is 100 cm³/mol. The Morgan fingerprint density at radius 3 is 2.65 bits per heavy atom. The predicted octanol–water partition coefficient (Wildman–Crippen LogP) is 4.00. The summed E-state index contributed by atoms with van der Waals surface area (Å²) in [5, 5.41) is 8.04. The number of rotatable bonds is 7. The number of halogens is 1.